The molecule has 1 aliphatic carbocycles. The summed E-state index contributed by atoms with van der Waals surface area (Å²) >= 11 is 0. The number of rotatable bonds is 3. The third kappa shape index (κ3) is 2.21. The van der Waals surface area contributed by atoms with Crippen molar-refractivity contribution in [3.8, 4) is 0 Å². The summed E-state index contributed by atoms with van der Waals surface area (Å²) in [5, 5.41) is 12.9. The van der Waals surface area contributed by atoms with Crippen LogP contribution in [-0.4, -0.2) is 26.1 Å². The highest BCUT2D eigenvalue weighted by molar-refractivity contribution is 5.72. The molecule has 2 aromatic heterocycles. The van der Waals surface area contributed by atoms with Gasteiger partial charge in [0, 0.05) is 37.0 Å². The van der Waals surface area contributed by atoms with Crippen LogP contribution in [0.2, 0.25) is 0 Å². The zero-order chi connectivity index (χ0) is 17.0. The van der Waals surface area contributed by atoms with E-state index in [0.717, 1.165) is 36.3 Å². The number of nitrogens with one attached hydrogen (secondary N) is 1. The SMILES string of the molecule is Nc1nccn2c(C3CC(CO)C3)nc(C3Cc4ccccc4N3)c12. The predicted molar refractivity (Wildman–Crippen MR) is 96.5 cm³/mol. The molecule has 1 atom stereocenters. The van der Waals surface area contributed by atoms with Crippen LogP contribution in [0.25, 0.3) is 5.52 Å². The lowest BCUT2D eigenvalue weighted by Gasteiger charge is -2.33. The lowest BCUT2D eigenvalue weighted by molar-refractivity contribution is 0.138. The largest absolute Gasteiger partial charge is 0.396 e. The Bertz CT molecular complexity index is 919. The summed E-state index contributed by atoms with van der Waals surface area (Å²) in [6, 6.07) is 8.49. The van der Waals surface area contributed by atoms with E-state index in [2.05, 4.69) is 32.9 Å². The second-order valence-electron chi connectivity index (χ2n) is 7.16. The van der Waals surface area contributed by atoms with Crippen LogP contribution in [0, 0.1) is 5.92 Å². The number of aliphatic hydroxyl groups is 1. The third-order valence-electron chi connectivity index (χ3n) is 5.60. The van der Waals surface area contributed by atoms with E-state index in [9.17, 15) is 5.11 Å². The first kappa shape index (κ1) is 14.7. The van der Waals surface area contributed by atoms with Crippen molar-refractivity contribution in [2.45, 2.75) is 31.2 Å². The minimum absolute atomic E-state index is 0.112. The first-order valence-electron chi connectivity index (χ1n) is 8.82. The first-order chi connectivity index (χ1) is 12.2. The van der Waals surface area contributed by atoms with Gasteiger partial charge in [-0.1, -0.05) is 18.2 Å². The van der Waals surface area contributed by atoms with Crippen LogP contribution in [0.15, 0.2) is 36.7 Å². The lowest BCUT2D eigenvalue weighted by Crippen LogP contribution is -2.26. The minimum atomic E-state index is 0.112. The van der Waals surface area contributed by atoms with Gasteiger partial charge in [-0.2, -0.15) is 0 Å². The summed E-state index contributed by atoms with van der Waals surface area (Å²) in [5.41, 5.74) is 10.6. The summed E-state index contributed by atoms with van der Waals surface area (Å²) in [5.74, 6) is 2.34. The number of imidazole rings is 1. The van der Waals surface area contributed by atoms with Crippen molar-refractivity contribution >= 4 is 17.0 Å². The maximum absolute atomic E-state index is 9.32. The number of fused-ring (bicyclic) bond motifs is 2. The number of para-hydroxylation sites is 1. The van der Waals surface area contributed by atoms with Crippen LogP contribution in [-0.2, 0) is 6.42 Å². The number of anilines is 2. The second-order valence-corrected chi connectivity index (χ2v) is 7.16. The van der Waals surface area contributed by atoms with E-state index in [1.165, 1.54) is 11.3 Å². The molecule has 0 spiro atoms. The van der Waals surface area contributed by atoms with Gasteiger partial charge in [0.25, 0.3) is 0 Å². The van der Waals surface area contributed by atoms with Gasteiger partial charge in [0.05, 0.1) is 11.7 Å². The van der Waals surface area contributed by atoms with E-state index in [1.807, 2.05) is 12.3 Å². The van der Waals surface area contributed by atoms with Gasteiger partial charge >= 0.3 is 0 Å². The van der Waals surface area contributed by atoms with Crippen LogP contribution >= 0.6 is 0 Å². The Kier molecular flexibility index (Phi) is 3.21. The molecule has 3 aromatic rings. The van der Waals surface area contributed by atoms with Gasteiger partial charge in [-0.25, -0.2) is 9.97 Å². The van der Waals surface area contributed by atoms with Crippen molar-refractivity contribution in [1.29, 1.82) is 0 Å². The van der Waals surface area contributed by atoms with Gasteiger partial charge < -0.3 is 16.2 Å². The predicted octanol–water partition coefficient (Wildman–Crippen LogP) is 2.51. The van der Waals surface area contributed by atoms with Crippen LogP contribution in [0.1, 0.15) is 41.9 Å². The third-order valence-corrected chi connectivity index (χ3v) is 5.60. The molecule has 4 N–H and O–H groups in total. The number of hydrogen-bond acceptors (Lipinski definition) is 5. The van der Waals surface area contributed by atoms with E-state index < -0.39 is 0 Å². The summed E-state index contributed by atoms with van der Waals surface area (Å²) in [4.78, 5) is 9.29. The molecule has 1 aliphatic heterocycles. The Morgan fingerprint density at radius 3 is 2.92 bits per heavy atom. The quantitative estimate of drug-likeness (QED) is 0.684. The highest BCUT2D eigenvalue weighted by Crippen LogP contribution is 2.43. The molecule has 0 bridgehead atoms. The molecule has 1 saturated carbocycles. The van der Waals surface area contributed by atoms with Crippen molar-refractivity contribution in [2.24, 2.45) is 5.92 Å². The molecule has 6 heteroatoms. The smallest absolute Gasteiger partial charge is 0.149 e. The van der Waals surface area contributed by atoms with Crippen LogP contribution in [0.3, 0.4) is 0 Å². The fraction of sp³-hybridized carbons (Fsp3) is 0.368. The number of benzene rings is 1. The lowest BCUT2D eigenvalue weighted by atomic mass is 9.75. The molecule has 1 fully saturated rings. The fourth-order valence-electron chi connectivity index (χ4n) is 4.20. The first-order valence-corrected chi connectivity index (χ1v) is 8.82. The van der Waals surface area contributed by atoms with Crippen molar-refractivity contribution in [3.63, 3.8) is 0 Å². The molecule has 0 radical (unpaired) electrons. The van der Waals surface area contributed by atoms with Gasteiger partial charge in [-0.05, 0) is 30.4 Å². The Morgan fingerprint density at radius 2 is 2.12 bits per heavy atom. The van der Waals surface area contributed by atoms with Crippen LogP contribution in [0.4, 0.5) is 11.5 Å². The molecule has 5 rings (SSSR count). The molecule has 1 unspecified atom stereocenters. The molecule has 2 aliphatic rings. The van der Waals surface area contributed by atoms with Gasteiger partial charge in [0.1, 0.15) is 17.2 Å². The van der Waals surface area contributed by atoms with Crippen LogP contribution < -0.4 is 11.1 Å². The maximum atomic E-state index is 9.32. The molecule has 128 valence electrons. The highest BCUT2D eigenvalue weighted by Gasteiger charge is 2.35. The molecule has 6 nitrogen and oxygen atoms in total. The highest BCUT2D eigenvalue weighted by atomic mass is 16.3. The summed E-state index contributed by atoms with van der Waals surface area (Å²) in [6.07, 6.45) is 6.55. The normalized spacial score (nSPS) is 24.8. The summed E-state index contributed by atoms with van der Waals surface area (Å²) in [7, 11) is 0. The van der Waals surface area contributed by atoms with Gasteiger partial charge in [0.15, 0.2) is 0 Å². The van der Waals surface area contributed by atoms with Gasteiger partial charge in [-0.3, -0.25) is 4.40 Å². The average molecular weight is 335 g/mol. The zero-order valence-electron chi connectivity index (χ0n) is 13.9. The Morgan fingerprint density at radius 1 is 1.28 bits per heavy atom. The van der Waals surface area contributed by atoms with Crippen molar-refractivity contribution in [1.82, 2.24) is 14.4 Å². The van der Waals surface area contributed by atoms with E-state index >= 15 is 0 Å². The Balaban J connectivity index is 1.57. The molecular weight excluding hydrogens is 314 g/mol. The standard InChI is InChI=1S/C19H21N5O/c20-18-17-16(15-9-12-3-1-2-4-14(12)22-15)23-19(24(17)6-5-21-18)13-7-11(8-13)10-25/h1-6,11,13,15,22,25H,7-10H2,(H2,20,21). The van der Waals surface area contributed by atoms with E-state index in [1.54, 1.807) is 6.20 Å². The topological polar surface area (TPSA) is 88.5 Å². The van der Waals surface area contributed by atoms with Crippen molar-refractivity contribution in [2.75, 3.05) is 17.7 Å². The number of aliphatic hydroxyl groups excluding tert-OH is 1. The fourth-order valence-corrected chi connectivity index (χ4v) is 4.20. The maximum Gasteiger partial charge on any atom is 0.149 e. The number of hydrogen-bond donors (Lipinski definition) is 3. The minimum Gasteiger partial charge on any atom is -0.396 e. The molecule has 1 aromatic carbocycles. The summed E-state index contributed by atoms with van der Waals surface area (Å²) in [6.45, 7) is 0.260. The second kappa shape index (κ2) is 5.46. The molecule has 3 heterocycles. The molecular formula is C19H21N5O. The van der Waals surface area contributed by atoms with Gasteiger partial charge in [0.2, 0.25) is 0 Å². The molecule has 25 heavy (non-hydrogen) atoms. The number of nitrogens with zero attached hydrogens (tertiary/aromatic N) is 3. The van der Waals surface area contributed by atoms with Crippen molar-refractivity contribution < 1.29 is 5.11 Å². The van der Waals surface area contributed by atoms with Crippen LogP contribution in [0.5, 0.6) is 0 Å². The number of nitrogens with two attached hydrogens (primary N) is 1. The monoisotopic (exact) mass is 335 g/mol. The Hall–Kier alpha value is -2.60. The number of aromatic nitrogens is 3. The van der Waals surface area contributed by atoms with Gasteiger partial charge in [-0.15, -0.1) is 0 Å². The van der Waals surface area contributed by atoms with Crippen molar-refractivity contribution in [3.05, 3.63) is 53.7 Å². The zero-order valence-corrected chi connectivity index (χ0v) is 13.9. The van der Waals surface area contributed by atoms with E-state index in [0.29, 0.717) is 17.7 Å². The molecule has 0 saturated heterocycles. The summed E-state index contributed by atoms with van der Waals surface area (Å²) < 4.78 is 2.10. The number of nitrogen functional groups attached to an aromatic ring is 1. The molecule has 0 amide bonds. The Labute approximate surface area is 145 Å². The average Bonchev–Trinajstić information content (AvgIpc) is 3.16. The van der Waals surface area contributed by atoms with E-state index in [4.69, 9.17) is 10.7 Å². The van der Waals surface area contributed by atoms with E-state index in [-0.39, 0.29) is 12.6 Å².